The van der Waals surface area contributed by atoms with Gasteiger partial charge in [0.05, 0.1) is 11.4 Å². The third-order valence-electron chi connectivity index (χ3n) is 3.63. The Morgan fingerprint density at radius 1 is 0.885 bits per heavy atom. The average Bonchev–Trinajstić information content (AvgIpc) is 2.54. The van der Waals surface area contributed by atoms with Gasteiger partial charge in [0.2, 0.25) is 0 Å². The largest absolute Gasteiger partial charge is 2.00 e. The van der Waals surface area contributed by atoms with Gasteiger partial charge in [0.15, 0.2) is 0 Å². The van der Waals surface area contributed by atoms with E-state index < -0.39 is 12.6 Å². The van der Waals surface area contributed by atoms with Gasteiger partial charge in [0, 0.05) is 18.4 Å². The summed E-state index contributed by atoms with van der Waals surface area (Å²) in [6.07, 6.45) is 3.75. The summed E-state index contributed by atoms with van der Waals surface area (Å²) in [4.78, 5) is 17.9. The molecule has 0 aromatic carbocycles. The number of hydrogen-bond donors (Lipinski definition) is 0. The van der Waals surface area contributed by atoms with Crippen molar-refractivity contribution in [1.29, 1.82) is 0 Å². The standard InChI is InChI=1S/C18H24N2.C2H3O3.Pt/c1-17(2,3)13-7-9-19-15(11-13)16-12-14(8-10-20-16)18(4,5)6;3-1-2(4)5;/h7-12H,1-6H3;1H2,(H,4,5);/q;-1;+2/p-1. The maximum absolute atomic E-state index is 8.97. The van der Waals surface area contributed by atoms with E-state index in [4.69, 9.17) is 15.0 Å². The van der Waals surface area contributed by atoms with Gasteiger partial charge in [0.25, 0.3) is 0 Å². The molecule has 0 amide bonds. The Balaban J connectivity index is 0.000000923. The number of aliphatic carboxylic acids is 1. The molecule has 0 fully saturated rings. The fourth-order valence-electron chi connectivity index (χ4n) is 2.07. The Kier molecular flexibility index (Phi) is 9.33. The van der Waals surface area contributed by atoms with Crippen LogP contribution in [0.5, 0.6) is 0 Å². The Labute approximate surface area is 170 Å². The van der Waals surface area contributed by atoms with Crippen LogP contribution in [0.3, 0.4) is 0 Å². The molecule has 0 saturated heterocycles. The molecule has 2 aromatic heterocycles. The van der Waals surface area contributed by atoms with Crippen LogP contribution in [0.25, 0.3) is 11.4 Å². The molecular formula is C20H26N2O3Pt. The molecule has 26 heavy (non-hydrogen) atoms. The predicted octanol–water partition coefficient (Wildman–Crippen LogP) is 1.83. The molecule has 0 aliphatic carbocycles. The van der Waals surface area contributed by atoms with Crippen molar-refractivity contribution in [1.82, 2.24) is 9.97 Å². The number of hydrogen-bond acceptors (Lipinski definition) is 5. The topological polar surface area (TPSA) is 89.0 Å². The van der Waals surface area contributed by atoms with Crippen molar-refractivity contribution in [2.45, 2.75) is 52.4 Å². The Bertz CT molecular complexity index is 664. The molecule has 0 radical (unpaired) electrons. The third-order valence-corrected chi connectivity index (χ3v) is 3.63. The molecule has 0 aliphatic heterocycles. The Hall–Kier alpha value is -1.58. The van der Waals surface area contributed by atoms with Crippen molar-refractivity contribution < 1.29 is 36.1 Å². The van der Waals surface area contributed by atoms with Crippen LogP contribution in [0.2, 0.25) is 0 Å². The Morgan fingerprint density at radius 2 is 1.19 bits per heavy atom. The second-order valence-corrected chi connectivity index (χ2v) is 7.88. The number of aromatic nitrogens is 2. The number of carbonyl (C=O) groups excluding carboxylic acids is 1. The molecular weight excluding hydrogens is 511 g/mol. The van der Waals surface area contributed by atoms with Crippen LogP contribution >= 0.6 is 0 Å². The zero-order valence-corrected chi connectivity index (χ0v) is 18.4. The van der Waals surface area contributed by atoms with Gasteiger partial charge in [-0.05, 0) is 46.2 Å². The zero-order valence-electron chi connectivity index (χ0n) is 16.1. The monoisotopic (exact) mass is 537 g/mol. The van der Waals surface area contributed by atoms with Crippen LogP contribution in [0.15, 0.2) is 36.7 Å². The minimum atomic E-state index is -1.55. The first-order valence-corrected chi connectivity index (χ1v) is 8.16. The molecule has 0 bridgehead atoms. The van der Waals surface area contributed by atoms with E-state index in [1.165, 1.54) is 11.1 Å². The molecule has 2 heterocycles. The molecule has 6 heteroatoms. The maximum atomic E-state index is 8.97. The van der Waals surface area contributed by atoms with E-state index in [0.29, 0.717) is 0 Å². The number of carbonyl (C=O) groups is 1. The Morgan fingerprint density at radius 3 is 1.42 bits per heavy atom. The summed E-state index contributed by atoms with van der Waals surface area (Å²) in [5, 5.41) is 17.9. The first kappa shape index (κ1) is 24.4. The smallest absolute Gasteiger partial charge is 0.850 e. The van der Waals surface area contributed by atoms with Crippen molar-refractivity contribution in [3.05, 3.63) is 47.8 Å². The number of carboxylic acid groups (broad SMARTS) is 1. The van der Waals surface area contributed by atoms with Gasteiger partial charge in [-0.3, -0.25) is 9.97 Å². The van der Waals surface area contributed by atoms with E-state index in [1.807, 2.05) is 12.4 Å². The second-order valence-electron chi connectivity index (χ2n) is 7.88. The summed E-state index contributed by atoms with van der Waals surface area (Å²) in [6, 6.07) is 8.46. The van der Waals surface area contributed by atoms with Crippen molar-refractivity contribution >= 4 is 5.97 Å². The summed E-state index contributed by atoms with van der Waals surface area (Å²) >= 11 is 0. The summed E-state index contributed by atoms with van der Waals surface area (Å²) < 4.78 is 0. The van der Waals surface area contributed by atoms with Gasteiger partial charge in [-0.1, -0.05) is 48.1 Å². The van der Waals surface area contributed by atoms with Gasteiger partial charge in [0.1, 0.15) is 0 Å². The fourth-order valence-corrected chi connectivity index (χ4v) is 2.07. The third kappa shape index (κ3) is 7.75. The van der Waals surface area contributed by atoms with Gasteiger partial charge >= 0.3 is 21.1 Å². The van der Waals surface area contributed by atoms with E-state index in [1.54, 1.807) is 0 Å². The van der Waals surface area contributed by atoms with Crippen molar-refractivity contribution in [3.8, 4) is 11.4 Å². The van der Waals surface area contributed by atoms with Crippen LogP contribution in [-0.2, 0) is 36.7 Å². The van der Waals surface area contributed by atoms with E-state index in [-0.39, 0.29) is 31.9 Å². The summed E-state index contributed by atoms with van der Waals surface area (Å²) in [5.41, 5.74) is 4.71. The normalized spacial score (nSPS) is 11.0. The molecule has 5 nitrogen and oxygen atoms in total. The fraction of sp³-hybridized carbons (Fsp3) is 0.450. The van der Waals surface area contributed by atoms with Crippen LogP contribution < -0.4 is 10.2 Å². The summed E-state index contributed by atoms with van der Waals surface area (Å²) in [6.45, 7) is 12.1. The van der Waals surface area contributed by atoms with E-state index in [9.17, 15) is 0 Å². The second kappa shape index (κ2) is 9.94. The number of rotatable bonds is 2. The van der Waals surface area contributed by atoms with Gasteiger partial charge in [-0.15, -0.1) is 0 Å². The molecule has 0 atom stereocenters. The van der Waals surface area contributed by atoms with E-state index >= 15 is 0 Å². The number of carboxylic acids is 1. The molecule has 144 valence electrons. The minimum Gasteiger partial charge on any atom is -0.850 e. The van der Waals surface area contributed by atoms with E-state index in [0.717, 1.165) is 11.4 Å². The van der Waals surface area contributed by atoms with Gasteiger partial charge < -0.3 is 15.0 Å². The quantitative estimate of drug-likeness (QED) is 0.584. The molecule has 0 aliphatic rings. The van der Waals surface area contributed by atoms with Crippen LogP contribution in [0.4, 0.5) is 0 Å². The molecule has 2 rings (SSSR count). The minimum absolute atomic E-state index is 0. The molecule has 0 spiro atoms. The van der Waals surface area contributed by atoms with Crippen molar-refractivity contribution in [2.24, 2.45) is 0 Å². The summed E-state index contributed by atoms with van der Waals surface area (Å²) in [5.74, 6) is -1.55. The molecule has 2 aromatic rings. The first-order valence-electron chi connectivity index (χ1n) is 8.16. The molecule has 0 saturated carbocycles. The first-order chi connectivity index (χ1) is 11.4. The van der Waals surface area contributed by atoms with Crippen molar-refractivity contribution in [3.63, 3.8) is 0 Å². The van der Waals surface area contributed by atoms with Gasteiger partial charge in [-0.25, -0.2) is 0 Å². The van der Waals surface area contributed by atoms with Crippen LogP contribution in [-0.4, -0.2) is 22.5 Å². The number of nitrogens with zero attached hydrogens (tertiary/aromatic N) is 2. The van der Waals surface area contributed by atoms with Crippen LogP contribution in [0.1, 0.15) is 52.7 Å². The zero-order chi connectivity index (χ0) is 19.3. The molecule has 0 N–H and O–H groups in total. The van der Waals surface area contributed by atoms with Crippen molar-refractivity contribution in [2.75, 3.05) is 6.61 Å². The maximum Gasteiger partial charge on any atom is 2.00 e. The SMILES string of the molecule is CC(C)(C)c1ccnc(-c2cc(C(C)(C)C)ccn2)c1.O=C([O-])C[O-].[Pt+2]. The predicted molar refractivity (Wildman–Crippen MR) is 94.7 cm³/mol. The summed E-state index contributed by atoms with van der Waals surface area (Å²) in [7, 11) is 0. The average molecular weight is 538 g/mol. The number of pyridine rings is 2. The van der Waals surface area contributed by atoms with Gasteiger partial charge in [-0.2, -0.15) is 0 Å². The van der Waals surface area contributed by atoms with E-state index in [2.05, 4.69) is 75.8 Å². The molecule has 0 unspecified atom stereocenters. The van der Waals surface area contributed by atoms with Crippen LogP contribution in [0, 0.1) is 0 Å².